The van der Waals surface area contributed by atoms with Crippen molar-refractivity contribution < 1.29 is 0 Å². The Labute approximate surface area is 165 Å². The number of hydrogen-bond donors (Lipinski definition) is 0. The van der Waals surface area contributed by atoms with E-state index in [9.17, 15) is 9.59 Å². The van der Waals surface area contributed by atoms with E-state index in [1.807, 2.05) is 72.3 Å². The van der Waals surface area contributed by atoms with Crippen LogP contribution in [-0.4, -0.2) is 23.1 Å². The van der Waals surface area contributed by atoms with Crippen LogP contribution >= 0.6 is 0 Å². The van der Waals surface area contributed by atoms with Gasteiger partial charge in [0.15, 0.2) is 11.2 Å². The summed E-state index contributed by atoms with van der Waals surface area (Å²) in [5.74, 6) is 0.584. The molecule has 0 amide bonds. The van der Waals surface area contributed by atoms with Crippen molar-refractivity contribution >= 4 is 16.9 Å². The van der Waals surface area contributed by atoms with Gasteiger partial charge >= 0.3 is 5.69 Å². The normalized spacial score (nSPS) is 11.6. The Balaban J connectivity index is 1.97. The van der Waals surface area contributed by atoms with Crippen molar-refractivity contribution in [2.45, 2.75) is 6.92 Å². The molecule has 3 aromatic heterocycles. The standard InChI is InChI=1S/C22H19N5O2/c1-14-9-11-16(12-10-14)27-17(15-7-5-4-6-8-15)13-26-18-19(23-21(26)27)24(2)22(29)25(3)20(18)28/h4-13H,1-3H3. The fraction of sp³-hybridized carbons (Fsp3) is 0.136. The number of nitrogens with zero attached hydrogens (tertiary/aromatic N) is 5. The van der Waals surface area contributed by atoms with Gasteiger partial charge in [-0.3, -0.25) is 22.9 Å². The summed E-state index contributed by atoms with van der Waals surface area (Å²) in [4.78, 5) is 29.9. The molecule has 5 rings (SSSR count). The van der Waals surface area contributed by atoms with E-state index in [0.717, 1.165) is 27.1 Å². The molecule has 144 valence electrons. The van der Waals surface area contributed by atoms with E-state index in [4.69, 9.17) is 4.98 Å². The molecule has 3 heterocycles. The highest BCUT2D eigenvalue weighted by atomic mass is 16.2. The van der Waals surface area contributed by atoms with Crippen molar-refractivity contribution in [2.24, 2.45) is 14.1 Å². The van der Waals surface area contributed by atoms with Gasteiger partial charge in [0.25, 0.3) is 5.56 Å². The summed E-state index contributed by atoms with van der Waals surface area (Å²) >= 11 is 0. The highest BCUT2D eigenvalue weighted by Gasteiger charge is 2.21. The van der Waals surface area contributed by atoms with Crippen LogP contribution in [0.25, 0.3) is 33.9 Å². The fourth-order valence-corrected chi connectivity index (χ4v) is 3.73. The summed E-state index contributed by atoms with van der Waals surface area (Å²) in [6, 6.07) is 18.1. The average molecular weight is 385 g/mol. The molecule has 5 aromatic rings. The smallest absolute Gasteiger partial charge is 0.279 e. The Hall–Kier alpha value is -3.87. The van der Waals surface area contributed by atoms with Crippen molar-refractivity contribution in [1.82, 2.24) is 23.1 Å². The third-order valence-electron chi connectivity index (χ3n) is 5.33. The number of hydrogen-bond acceptors (Lipinski definition) is 3. The molecule has 2 aromatic carbocycles. The molecule has 7 heteroatoms. The number of fused-ring (bicyclic) bond motifs is 3. The van der Waals surface area contributed by atoms with Gasteiger partial charge in [0.2, 0.25) is 5.78 Å². The number of imidazole rings is 2. The third kappa shape index (κ3) is 2.40. The molecule has 0 aliphatic rings. The van der Waals surface area contributed by atoms with Gasteiger partial charge in [0.1, 0.15) is 0 Å². The molecule has 0 unspecified atom stereocenters. The van der Waals surface area contributed by atoms with Crippen LogP contribution in [0, 0.1) is 6.92 Å². The van der Waals surface area contributed by atoms with Crippen molar-refractivity contribution in [2.75, 3.05) is 0 Å². The number of aryl methyl sites for hydroxylation is 2. The van der Waals surface area contributed by atoms with Gasteiger partial charge in [0.05, 0.1) is 5.69 Å². The minimum absolute atomic E-state index is 0.365. The maximum absolute atomic E-state index is 12.9. The van der Waals surface area contributed by atoms with Gasteiger partial charge in [-0.05, 0) is 19.1 Å². The van der Waals surface area contributed by atoms with Gasteiger partial charge < -0.3 is 0 Å². The van der Waals surface area contributed by atoms with E-state index >= 15 is 0 Å². The Kier molecular flexibility index (Phi) is 3.61. The van der Waals surface area contributed by atoms with Crippen LogP contribution in [0.1, 0.15) is 5.56 Å². The van der Waals surface area contributed by atoms with Crippen LogP contribution < -0.4 is 11.2 Å². The zero-order chi connectivity index (χ0) is 20.3. The van der Waals surface area contributed by atoms with E-state index in [2.05, 4.69) is 0 Å². The highest BCUT2D eigenvalue weighted by molar-refractivity contribution is 5.79. The molecular weight excluding hydrogens is 366 g/mol. The molecule has 0 bridgehead atoms. The highest BCUT2D eigenvalue weighted by Crippen LogP contribution is 2.28. The first-order valence-corrected chi connectivity index (χ1v) is 9.29. The zero-order valence-corrected chi connectivity index (χ0v) is 16.3. The summed E-state index contributed by atoms with van der Waals surface area (Å²) < 4.78 is 6.31. The Bertz CT molecular complexity index is 1500. The molecule has 0 spiro atoms. The lowest BCUT2D eigenvalue weighted by Crippen LogP contribution is -2.37. The lowest BCUT2D eigenvalue weighted by atomic mass is 10.1. The first-order chi connectivity index (χ1) is 14.0. The second-order valence-corrected chi connectivity index (χ2v) is 7.21. The fourth-order valence-electron chi connectivity index (χ4n) is 3.73. The molecule has 29 heavy (non-hydrogen) atoms. The van der Waals surface area contributed by atoms with Gasteiger partial charge in [-0.15, -0.1) is 0 Å². The van der Waals surface area contributed by atoms with Gasteiger partial charge in [-0.2, -0.15) is 4.98 Å². The predicted octanol–water partition coefficient (Wildman–Crippen LogP) is 2.65. The second kappa shape index (κ2) is 6.07. The van der Waals surface area contributed by atoms with Crippen LogP contribution in [0.4, 0.5) is 0 Å². The molecule has 0 atom stereocenters. The van der Waals surface area contributed by atoms with Crippen LogP contribution in [0.2, 0.25) is 0 Å². The summed E-state index contributed by atoms with van der Waals surface area (Å²) in [6.07, 6.45) is 1.91. The summed E-state index contributed by atoms with van der Waals surface area (Å²) in [6.45, 7) is 2.04. The van der Waals surface area contributed by atoms with E-state index in [0.29, 0.717) is 16.9 Å². The molecule has 0 aliphatic heterocycles. The number of rotatable bonds is 2. The lowest BCUT2D eigenvalue weighted by molar-refractivity contribution is 0.708. The van der Waals surface area contributed by atoms with Crippen molar-refractivity contribution in [3.05, 3.63) is 87.2 Å². The molecule has 0 radical (unpaired) electrons. The topological polar surface area (TPSA) is 66.2 Å². The quantitative estimate of drug-likeness (QED) is 0.469. The van der Waals surface area contributed by atoms with E-state index in [1.165, 1.54) is 11.6 Å². The van der Waals surface area contributed by atoms with Crippen molar-refractivity contribution in [3.63, 3.8) is 0 Å². The first-order valence-electron chi connectivity index (χ1n) is 9.29. The Morgan fingerprint density at radius 1 is 0.862 bits per heavy atom. The zero-order valence-electron chi connectivity index (χ0n) is 16.3. The maximum atomic E-state index is 12.9. The van der Waals surface area contributed by atoms with E-state index in [1.54, 1.807) is 11.4 Å². The average Bonchev–Trinajstić information content (AvgIpc) is 3.28. The van der Waals surface area contributed by atoms with Gasteiger partial charge in [0, 0.05) is 31.5 Å². The summed E-state index contributed by atoms with van der Waals surface area (Å²) in [5, 5.41) is 0. The maximum Gasteiger partial charge on any atom is 0.332 e. The minimum atomic E-state index is -0.395. The number of aromatic nitrogens is 5. The van der Waals surface area contributed by atoms with Crippen molar-refractivity contribution in [1.29, 1.82) is 0 Å². The Morgan fingerprint density at radius 3 is 2.24 bits per heavy atom. The predicted molar refractivity (Wildman–Crippen MR) is 113 cm³/mol. The molecule has 0 fully saturated rings. The molecule has 7 nitrogen and oxygen atoms in total. The van der Waals surface area contributed by atoms with Crippen LogP contribution in [-0.2, 0) is 14.1 Å². The summed E-state index contributed by atoms with van der Waals surface area (Å²) in [7, 11) is 3.11. The monoisotopic (exact) mass is 385 g/mol. The van der Waals surface area contributed by atoms with E-state index in [-0.39, 0.29) is 5.56 Å². The third-order valence-corrected chi connectivity index (χ3v) is 5.33. The molecular formula is C22H19N5O2. The number of benzene rings is 2. The van der Waals surface area contributed by atoms with Gasteiger partial charge in [-0.1, -0.05) is 48.0 Å². The minimum Gasteiger partial charge on any atom is -0.279 e. The largest absolute Gasteiger partial charge is 0.332 e. The molecule has 0 N–H and O–H groups in total. The molecule has 0 saturated heterocycles. The van der Waals surface area contributed by atoms with Gasteiger partial charge in [-0.25, -0.2) is 4.79 Å². The van der Waals surface area contributed by atoms with E-state index < -0.39 is 5.69 Å². The Morgan fingerprint density at radius 2 is 1.55 bits per heavy atom. The molecule has 0 saturated carbocycles. The van der Waals surface area contributed by atoms with Crippen LogP contribution in [0.3, 0.4) is 0 Å². The summed E-state index contributed by atoms with van der Waals surface area (Å²) in [5.41, 5.74) is 4.00. The van der Waals surface area contributed by atoms with Crippen molar-refractivity contribution in [3.8, 4) is 16.9 Å². The van der Waals surface area contributed by atoms with Crippen LogP contribution in [0.5, 0.6) is 0 Å². The molecule has 0 aliphatic carbocycles. The van der Waals surface area contributed by atoms with Crippen LogP contribution in [0.15, 0.2) is 70.4 Å². The lowest BCUT2D eigenvalue weighted by Gasteiger charge is -2.09. The first kappa shape index (κ1) is 17.2. The SMILES string of the molecule is Cc1ccc(-n2c(-c3ccccc3)cn3c4c(=O)n(C)c(=O)n(C)c4nc23)cc1. The second-order valence-electron chi connectivity index (χ2n) is 7.21.